The van der Waals surface area contributed by atoms with Crippen molar-refractivity contribution in [1.29, 1.82) is 0 Å². The van der Waals surface area contributed by atoms with Crippen molar-refractivity contribution in [2.45, 2.75) is 71.3 Å². The molecule has 3 heteroatoms. The van der Waals surface area contributed by atoms with Crippen molar-refractivity contribution in [1.82, 2.24) is 10.2 Å². The Kier molecular flexibility index (Phi) is 6.34. The molecule has 1 atom stereocenters. The van der Waals surface area contributed by atoms with Crippen molar-refractivity contribution >= 4 is 5.91 Å². The van der Waals surface area contributed by atoms with Crippen LogP contribution in [-0.4, -0.2) is 36.5 Å². The Bertz CT molecular complexity index is 291. The highest BCUT2D eigenvalue weighted by Gasteiger charge is 2.32. The summed E-state index contributed by atoms with van der Waals surface area (Å²) in [5.74, 6) is 1.64. The van der Waals surface area contributed by atoms with Gasteiger partial charge in [0.25, 0.3) is 0 Å². The molecule has 1 aliphatic carbocycles. The lowest BCUT2D eigenvalue weighted by Crippen LogP contribution is -2.45. The van der Waals surface area contributed by atoms with Crippen LogP contribution in [0.25, 0.3) is 0 Å². The maximum absolute atomic E-state index is 12.7. The van der Waals surface area contributed by atoms with Gasteiger partial charge in [-0.15, -0.1) is 0 Å². The van der Waals surface area contributed by atoms with Gasteiger partial charge in [-0.3, -0.25) is 4.79 Å². The normalized spacial score (nSPS) is 30.4. The molecule has 1 N–H and O–H groups in total. The van der Waals surface area contributed by atoms with E-state index in [-0.39, 0.29) is 0 Å². The number of unbranched alkanes of at least 4 members (excludes halogenated alkanes) is 1. The molecule has 3 nitrogen and oxygen atoms in total. The zero-order chi connectivity index (χ0) is 14.4. The third kappa shape index (κ3) is 3.97. The number of hydrogen-bond acceptors (Lipinski definition) is 2. The van der Waals surface area contributed by atoms with E-state index >= 15 is 0 Å². The predicted molar refractivity (Wildman–Crippen MR) is 83.6 cm³/mol. The molecule has 0 bridgehead atoms. The maximum Gasteiger partial charge on any atom is 0.225 e. The molecule has 2 rings (SSSR count). The lowest BCUT2D eigenvalue weighted by molar-refractivity contribution is -0.138. The lowest BCUT2D eigenvalue weighted by Gasteiger charge is -2.34. The summed E-state index contributed by atoms with van der Waals surface area (Å²) in [4.78, 5) is 14.9. The monoisotopic (exact) mass is 280 g/mol. The van der Waals surface area contributed by atoms with Gasteiger partial charge >= 0.3 is 0 Å². The summed E-state index contributed by atoms with van der Waals surface area (Å²) < 4.78 is 0. The second-order valence-electron chi connectivity index (χ2n) is 6.63. The quantitative estimate of drug-likeness (QED) is 0.810. The third-order valence-electron chi connectivity index (χ3n) is 5.26. The van der Waals surface area contributed by atoms with Crippen LogP contribution in [0.3, 0.4) is 0 Å². The van der Waals surface area contributed by atoms with E-state index in [0.717, 1.165) is 44.8 Å². The van der Waals surface area contributed by atoms with E-state index in [0.29, 0.717) is 17.9 Å². The first-order chi connectivity index (χ1) is 9.76. The molecule has 1 saturated carbocycles. The molecule has 0 aromatic rings. The van der Waals surface area contributed by atoms with Crippen LogP contribution in [0.5, 0.6) is 0 Å². The van der Waals surface area contributed by atoms with E-state index in [1.165, 1.54) is 32.1 Å². The summed E-state index contributed by atoms with van der Waals surface area (Å²) in [6, 6.07) is 0.449. The standard InChI is InChI=1S/C17H32N2O/c1-3-5-6-14-7-9-15(10-8-14)17(20)19(4-2)16-11-12-18-13-16/h14-16,18H,3-13H2,1-2H3. The average Bonchev–Trinajstić information content (AvgIpc) is 3.00. The minimum atomic E-state index is 0.313. The molecule has 0 aromatic heterocycles. The largest absolute Gasteiger partial charge is 0.338 e. The van der Waals surface area contributed by atoms with Crippen LogP contribution in [0.1, 0.15) is 65.2 Å². The zero-order valence-electron chi connectivity index (χ0n) is 13.4. The highest BCUT2D eigenvalue weighted by Crippen LogP contribution is 2.33. The minimum Gasteiger partial charge on any atom is -0.338 e. The van der Waals surface area contributed by atoms with Gasteiger partial charge in [-0.25, -0.2) is 0 Å². The van der Waals surface area contributed by atoms with Crippen molar-refractivity contribution in [2.75, 3.05) is 19.6 Å². The van der Waals surface area contributed by atoms with E-state index in [9.17, 15) is 4.79 Å². The minimum absolute atomic E-state index is 0.313. The van der Waals surface area contributed by atoms with Crippen molar-refractivity contribution in [3.63, 3.8) is 0 Å². The van der Waals surface area contributed by atoms with Gasteiger partial charge < -0.3 is 10.2 Å². The molecule has 1 aliphatic heterocycles. The van der Waals surface area contributed by atoms with Crippen LogP contribution in [0, 0.1) is 11.8 Å². The summed E-state index contributed by atoms with van der Waals surface area (Å²) in [5, 5.41) is 3.38. The molecular formula is C17H32N2O. The van der Waals surface area contributed by atoms with Crippen molar-refractivity contribution < 1.29 is 4.79 Å². The highest BCUT2D eigenvalue weighted by atomic mass is 16.2. The number of amides is 1. The zero-order valence-corrected chi connectivity index (χ0v) is 13.4. The molecule has 0 radical (unpaired) electrons. The van der Waals surface area contributed by atoms with Gasteiger partial charge in [0, 0.05) is 25.0 Å². The first-order valence-electron chi connectivity index (χ1n) is 8.77. The Hall–Kier alpha value is -0.570. The van der Waals surface area contributed by atoms with Gasteiger partial charge in [-0.05, 0) is 51.5 Å². The fraction of sp³-hybridized carbons (Fsp3) is 0.941. The predicted octanol–water partition coefficient (Wildman–Crippen LogP) is 3.19. The topological polar surface area (TPSA) is 32.3 Å². The number of carbonyl (C=O) groups excluding carboxylic acids is 1. The smallest absolute Gasteiger partial charge is 0.225 e. The molecule has 116 valence electrons. The maximum atomic E-state index is 12.7. The Morgan fingerprint density at radius 1 is 1.15 bits per heavy atom. The third-order valence-corrected chi connectivity index (χ3v) is 5.26. The molecule has 0 aromatic carbocycles. The summed E-state index contributed by atoms with van der Waals surface area (Å²) in [5.41, 5.74) is 0. The van der Waals surface area contributed by atoms with Gasteiger partial charge in [0.1, 0.15) is 0 Å². The molecule has 20 heavy (non-hydrogen) atoms. The number of likely N-dealkylation sites (N-methyl/N-ethyl adjacent to an activating group) is 1. The van der Waals surface area contributed by atoms with E-state index in [2.05, 4.69) is 24.1 Å². The van der Waals surface area contributed by atoms with Crippen LogP contribution in [0.2, 0.25) is 0 Å². The summed E-state index contributed by atoms with van der Waals surface area (Å²) in [6.07, 6.45) is 9.98. The van der Waals surface area contributed by atoms with Gasteiger partial charge in [0.2, 0.25) is 5.91 Å². The second-order valence-corrected chi connectivity index (χ2v) is 6.63. The van der Waals surface area contributed by atoms with Gasteiger partial charge in [0.05, 0.1) is 0 Å². The molecule has 0 spiro atoms. The number of rotatable bonds is 6. The van der Waals surface area contributed by atoms with Crippen molar-refractivity contribution in [3.05, 3.63) is 0 Å². The van der Waals surface area contributed by atoms with Crippen molar-refractivity contribution in [3.8, 4) is 0 Å². The van der Waals surface area contributed by atoms with Gasteiger partial charge in [-0.1, -0.05) is 26.2 Å². The first kappa shape index (κ1) is 15.8. The molecule has 1 saturated heterocycles. The number of nitrogens with zero attached hydrogens (tertiary/aromatic N) is 1. The van der Waals surface area contributed by atoms with Crippen LogP contribution < -0.4 is 5.32 Å². The Morgan fingerprint density at radius 3 is 2.45 bits per heavy atom. The van der Waals surface area contributed by atoms with Crippen LogP contribution in [0.4, 0.5) is 0 Å². The fourth-order valence-electron chi connectivity index (χ4n) is 3.92. The Morgan fingerprint density at radius 2 is 1.90 bits per heavy atom. The summed E-state index contributed by atoms with van der Waals surface area (Å²) in [6.45, 7) is 7.33. The Balaban J connectivity index is 1.80. The van der Waals surface area contributed by atoms with Crippen LogP contribution in [-0.2, 0) is 4.79 Å². The number of hydrogen-bond donors (Lipinski definition) is 1. The molecule has 1 unspecified atom stereocenters. The van der Waals surface area contributed by atoms with E-state index in [1.54, 1.807) is 0 Å². The molecule has 2 fully saturated rings. The number of nitrogens with one attached hydrogen (secondary N) is 1. The number of carbonyl (C=O) groups is 1. The molecule has 1 amide bonds. The van der Waals surface area contributed by atoms with Crippen LogP contribution >= 0.6 is 0 Å². The summed E-state index contributed by atoms with van der Waals surface area (Å²) >= 11 is 0. The molecule has 1 heterocycles. The fourth-order valence-corrected chi connectivity index (χ4v) is 3.92. The van der Waals surface area contributed by atoms with E-state index in [1.807, 2.05) is 0 Å². The SMILES string of the molecule is CCCCC1CCC(C(=O)N(CC)C2CCNC2)CC1. The van der Waals surface area contributed by atoms with Gasteiger partial charge in [0.15, 0.2) is 0 Å². The average molecular weight is 280 g/mol. The second kappa shape index (κ2) is 8.02. The Labute approximate surface area is 124 Å². The van der Waals surface area contributed by atoms with Crippen molar-refractivity contribution in [2.24, 2.45) is 11.8 Å². The summed E-state index contributed by atoms with van der Waals surface area (Å²) in [7, 11) is 0. The first-order valence-corrected chi connectivity index (χ1v) is 8.77. The van der Waals surface area contributed by atoms with Gasteiger partial charge in [-0.2, -0.15) is 0 Å². The van der Waals surface area contributed by atoms with Crippen LogP contribution in [0.15, 0.2) is 0 Å². The molecule has 2 aliphatic rings. The van der Waals surface area contributed by atoms with E-state index < -0.39 is 0 Å². The molecular weight excluding hydrogens is 248 g/mol. The highest BCUT2D eigenvalue weighted by molar-refractivity contribution is 5.79. The lowest BCUT2D eigenvalue weighted by atomic mass is 9.79. The van der Waals surface area contributed by atoms with E-state index in [4.69, 9.17) is 0 Å².